The summed E-state index contributed by atoms with van der Waals surface area (Å²) in [5.74, 6) is 0.662. The fraction of sp³-hybridized carbons (Fsp3) is 0.391. The minimum Gasteiger partial charge on any atom is -0.378 e. The number of hydrogen-bond donors (Lipinski definition) is 1. The Morgan fingerprint density at radius 3 is 2.37 bits per heavy atom. The van der Waals surface area contributed by atoms with Gasteiger partial charge in [0.05, 0.1) is 18.7 Å². The zero-order chi connectivity index (χ0) is 20.3. The highest BCUT2D eigenvalue weighted by Crippen LogP contribution is 2.26. The van der Waals surface area contributed by atoms with Crippen molar-refractivity contribution in [1.82, 2.24) is 19.9 Å². The molecule has 2 aliphatic heterocycles. The van der Waals surface area contributed by atoms with Crippen molar-refractivity contribution >= 4 is 22.5 Å². The SMILES string of the molecule is CN1CCN(Nc2ncc3cc(-c4ccc(N5CCOCC5)cc4)ccc3n2)CC1. The van der Waals surface area contributed by atoms with Gasteiger partial charge in [-0.3, -0.25) is 5.43 Å². The molecule has 2 saturated heterocycles. The van der Waals surface area contributed by atoms with Crippen molar-refractivity contribution in [3.63, 3.8) is 0 Å². The van der Waals surface area contributed by atoms with E-state index in [0.29, 0.717) is 5.95 Å². The summed E-state index contributed by atoms with van der Waals surface area (Å²) >= 11 is 0. The Bertz CT molecular complexity index is 994. The van der Waals surface area contributed by atoms with Gasteiger partial charge in [-0.25, -0.2) is 15.0 Å². The highest BCUT2D eigenvalue weighted by Gasteiger charge is 2.15. The Balaban J connectivity index is 1.31. The molecule has 0 spiro atoms. The van der Waals surface area contributed by atoms with Gasteiger partial charge in [0.1, 0.15) is 0 Å². The lowest BCUT2D eigenvalue weighted by atomic mass is 10.0. The van der Waals surface area contributed by atoms with Gasteiger partial charge in [0.2, 0.25) is 5.95 Å². The molecular formula is C23H28N6O. The van der Waals surface area contributed by atoms with Crippen molar-refractivity contribution in [2.75, 3.05) is 69.9 Å². The van der Waals surface area contributed by atoms with Crippen LogP contribution in [0.3, 0.4) is 0 Å². The molecule has 7 heteroatoms. The van der Waals surface area contributed by atoms with Crippen molar-refractivity contribution in [3.05, 3.63) is 48.7 Å². The second-order valence-electron chi connectivity index (χ2n) is 8.02. The van der Waals surface area contributed by atoms with Crippen LogP contribution >= 0.6 is 0 Å². The zero-order valence-corrected chi connectivity index (χ0v) is 17.4. The third-order valence-electron chi connectivity index (χ3n) is 5.92. The number of aromatic nitrogens is 2. The van der Waals surface area contributed by atoms with Gasteiger partial charge in [0, 0.05) is 56.5 Å². The van der Waals surface area contributed by atoms with E-state index in [-0.39, 0.29) is 0 Å². The standard InChI is InChI=1S/C23H28N6O/c1-27-8-10-29(11-9-27)26-23-24-17-20-16-19(4-7-22(20)25-23)18-2-5-21(6-3-18)28-12-14-30-15-13-28/h2-7,16-17H,8-15H2,1H3,(H,24,25,26). The maximum atomic E-state index is 5.45. The number of benzene rings is 2. The Morgan fingerprint density at radius 1 is 0.867 bits per heavy atom. The van der Waals surface area contributed by atoms with Crippen molar-refractivity contribution in [2.24, 2.45) is 0 Å². The monoisotopic (exact) mass is 404 g/mol. The second-order valence-corrected chi connectivity index (χ2v) is 8.02. The van der Waals surface area contributed by atoms with E-state index in [1.807, 2.05) is 6.20 Å². The number of nitrogens with zero attached hydrogens (tertiary/aromatic N) is 5. The molecule has 3 heterocycles. The summed E-state index contributed by atoms with van der Waals surface area (Å²) < 4.78 is 5.45. The van der Waals surface area contributed by atoms with Gasteiger partial charge in [-0.2, -0.15) is 0 Å². The number of likely N-dealkylation sites (N-methyl/N-ethyl adjacent to an activating group) is 1. The average Bonchev–Trinajstić information content (AvgIpc) is 2.81. The zero-order valence-electron chi connectivity index (χ0n) is 17.4. The fourth-order valence-electron chi connectivity index (χ4n) is 4.01. The van der Waals surface area contributed by atoms with Crippen LogP contribution in [0.5, 0.6) is 0 Å². The number of hydrogen-bond acceptors (Lipinski definition) is 7. The molecule has 1 aromatic heterocycles. The van der Waals surface area contributed by atoms with E-state index in [1.165, 1.54) is 16.8 Å². The molecule has 0 aliphatic carbocycles. The quantitative estimate of drug-likeness (QED) is 0.717. The number of ether oxygens (including phenoxy) is 1. The third-order valence-corrected chi connectivity index (χ3v) is 5.92. The van der Waals surface area contributed by atoms with Crippen LogP contribution in [0.25, 0.3) is 22.0 Å². The van der Waals surface area contributed by atoms with E-state index >= 15 is 0 Å². The van der Waals surface area contributed by atoms with Crippen LogP contribution in [-0.2, 0) is 4.74 Å². The van der Waals surface area contributed by atoms with Crippen LogP contribution in [0.15, 0.2) is 48.7 Å². The summed E-state index contributed by atoms with van der Waals surface area (Å²) in [6.45, 7) is 7.56. The van der Waals surface area contributed by atoms with Gasteiger partial charge >= 0.3 is 0 Å². The van der Waals surface area contributed by atoms with Crippen LogP contribution < -0.4 is 10.3 Å². The predicted octanol–water partition coefficient (Wildman–Crippen LogP) is 2.71. The van der Waals surface area contributed by atoms with Crippen molar-refractivity contribution in [1.29, 1.82) is 0 Å². The first-order valence-electron chi connectivity index (χ1n) is 10.6. The summed E-state index contributed by atoms with van der Waals surface area (Å²) in [5, 5.41) is 3.24. The molecule has 2 aliphatic rings. The molecule has 3 aromatic rings. The maximum Gasteiger partial charge on any atom is 0.238 e. The molecule has 7 nitrogen and oxygen atoms in total. The normalized spacial score (nSPS) is 18.6. The van der Waals surface area contributed by atoms with Crippen molar-refractivity contribution in [3.8, 4) is 11.1 Å². The first kappa shape index (κ1) is 19.2. The van der Waals surface area contributed by atoms with Gasteiger partial charge in [-0.15, -0.1) is 0 Å². The lowest BCUT2D eigenvalue weighted by Gasteiger charge is -2.32. The third kappa shape index (κ3) is 4.23. The highest BCUT2D eigenvalue weighted by atomic mass is 16.5. The molecule has 0 radical (unpaired) electrons. The Labute approximate surface area is 177 Å². The van der Waals surface area contributed by atoms with Gasteiger partial charge in [-0.1, -0.05) is 18.2 Å². The van der Waals surface area contributed by atoms with Crippen LogP contribution in [0, 0.1) is 0 Å². The summed E-state index contributed by atoms with van der Waals surface area (Å²) in [7, 11) is 2.15. The minimum absolute atomic E-state index is 0.662. The van der Waals surface area contributed by atoms with E-state index < -0.39 is 0 Å². The van der Waals surface area contributed by atoms with E-state index in [4.69, 9.17) is 9.72 Å². The summed E-state index contributed by atoms with van der Waals surface area (Å²) in [6.07, 6.45) is 1.91. The molecule has 0 bridgehead atoms. The fourth-order valence-corrected chi connectivity index (χ4v) is 4.01. The molecule has 2 fully saturated rings. The molecule has 0 amide bonds. The van der Waals surface area contributed by atoms with Gasteiger partial charge < -0.3 is 14.5 Å². The van der Waals surface area contributed by atoms with E-state index in [2.05, 4.69) is 74.7 Å². The topological polar surface area (TPSA) is 56.8 Å². The Kier molecular flexibility index (Phi) is 5.48. The minimum atomic E-state index is 0.662. The second kappa shape index (κ2) is 8.55. The molecule has 30 heavy (non-hydrogen) atoms. The molecular weight excluding hydrogens is 376 g/mol. The molecule has 0 atom stereocenters. The number of rotatable bonds is 4. The number of fused-ring (bicyclic) bond motifs is 1. The lowest BCUT2D eigenvalue weighted by Crippen LogP contribution is -2.47. The first-order chi connectivity index (χ1) is 14.7. The van der Waals surface area contributed by atoms with Crippen LogP contribution in [0.4, 0.5) is 11.6 Å². The molecule has 0 unspecified atom stereocenters. The molecule has 2 aromatic carbocycles. The molecule has 5 rings (SSSR count). The molecule has 156 valence electrons. The Morgan fingerprint density at radius 2 is 1.60 bits per heavy atom. The predicted molar refractivity (Wildman–Crippen MR) is 121 cm³/mol. The van der Waals surface area contributed by atoms with E-state index in [0.717, 1.165) is 63.4 Å². The van der Waals surface area contributed by atoms with Crippen LogP contribution in [-0.4, -0.2) is 79.4 Å². The molecule has 0 saturated carbocycles. The van der Waals surface area contributed by atoms with E-state index in [9.17, 15) is 0 Å². The number of anilines is 2. The number of nitrogens with one attached hydrogen (secondary N) is 1. The largest absolute Gasteiger partial charge is 0.378 e. The number of hydrazine groups is 1. The molecule has 1 N–H and O–H groups in total. The number of piperazine rings is 1. The van der Waals surface area contributed by atoms with Gasteiger partial charge in [0.15, 0.2) is 0 Å². The Hall–Kier alpha value is -2.74. The van der Waals surface area contributed by atoms with Crippen molar-refractivity contribution in [2.45, 2.75) is 0 Å². The number of morpholine rings is 1. The summed E-state index contributed by atoms with van der Waals surface area (Å²) in [6, 6.07) is 15.2. The summed E-state index contributed by atoms with van der Waals surface area (Å²) in [4.78, 5) is 13.9. The van der Waals surface area contributed by atoms with Gasteiger partial charge in [-0.05, 0) is 42.4 Å². The maximum absolute atomic E-state index is 5.45. The van der Waals surface area contributed by atoms with Crippen molar-refractivity contribution < 1.29 is 4.74 Å². The van der Waals surface area contributed by atoms with Gasteiger partial charge in [0.25, 0.3) is 0 Å². The van der Waals surface area contributed by atoms with Crippen LogP contribution in [0.1, 0.15) is 0 Å². The summed E-state index contributed by atoms with van der Waals surface area (Å²) in [5.41, 5.74) is 7.94. The smallest absolute Gasteiger partial charge is 0.238 e. The lowest BCUT2D eigenvalue weighted by molar-refractivity contribution is 0.122. The highest BCUT2D eigenvalue weighted by molar-refractivity contribution is 5.84. The van der Waals surface area contributed by atoms with Crippen LogP contribution in [0.2, 0.25) is 0 Å². The average molecular weight is 405 g/mol. The van der Waals surface area contributed by atoms with E-state index in [1.54, 1.807) is 0 Å². The first-order valence-corrected chi connectivity index (χ1v) is 10.6.